The van der Waals surface area contributed by atoms with Crippen molar-refractivity contribution < 1.29 is 0 Å². The van der Waals surface area contributed by atoms with E-state index in [0.717, 1.165) is 0 Å². The smallest absolute Gasteiger partial charge is 0.0158 e. The van der Waals surface area contributed by atoms with Crippen LogP contribution < -0.4 is 0 Å². The van der Waals surface area contributed by atoms with E-state index >= 15 is 0 Å². The predicted molar refractivity (Wildman–Crippen MR) is 103 cm³/mol. The minimum Gasteiger partial charge on any atom is -0.293 e. The molecule has 0 unspecified atom stereocenters. The lowest BCUT2D eigenvalue weighted by atomic mass is 9.86. The van der Waals surface area contributed by atoms with E-state index in [4.69, 9.17) is 0 Å². The maximum absolute atomic E-state index is 2.82. The summed E-state index contributed by atoms with van der Waals surface area (Å²) in [7, 11) is 0. The van der Waals surface area contributed by atoms with Crippen LogP contribution in [0.5, 0.6) is 0 Å². The summed E-state index contributed by atoms with van der Waals surface area (Å²) in [5.74, 6) is 0. The minimum absolute atomic E-state index is 0.329. The Morgan fingerprint density at radius 1 is 0.545 bits per heavy atom. The monoisotopic (exact) mass is 311 g/mol. The van der Waals surface area contributed by atoms with Gasteiger partial charge in [0.1, 0.15) is 0 Å². The zero-order valence-corrected chi connectivity index (χ0v) is 16.9. The van der Waals surface area contributed by atoms with E-state index in [1.807, 2.05) is 0 Å². The van der Waals surface area contributed by atoms with E-state index < -0.39 is 0 Å². The number of hydrogen-bond acceptors (Lipinski definition) is 1. The lowest BCUT2D eigenvalue weighted by Crippen LogP contribution is -2.55. The van der Waals surface area contributed by atoms with E-state index in [1.54, 1.807) is 0 Å². The highest BCUT2D eigenvalue weighted by Crippen LogP contribution is 2.32. The van der Waals surface area contributed by atoms with Gasteiger partial charge in [0, 0.05) is 11.1 Å². The first-order valence-electron chi connectivity index (χ1n) is 10.1. The van der Waals surface area contributed by atoms with Crippen molar-refractivity contribution in [2.45, 2.75) is 130 Å². The molecular weight excluding hydrogens is 266 g/mol. The average molecular weight is 312 g/mol. The number of nitrogens with zero attached hydrogens (tertiary/aromatic N) is 1. The second-order valence-corrected chi connectivity index (χ2v) is 8.40. The molecule has 0 rings (SSSR count). The topological polar surface area (TPSA) is 3.24 Å². The maximum Gasteiger partial charge on any atom is 0.0158 e. The molecule has 0 aromatic rings. The first-order valence-corrected chi connectivity index (χ1v) is 10.1. The summed E-state index contributed by atoms with van der Waals surface area (Å²) < 4.78 is 0. The van der Waals surface area contributed by atoms with Gasteiger partial charge in [0.2, 0.25) is 0 Å². The molecule has 1 nitrogen and oxygen atoms in total. The molecule has 0 bridgehead atoms. The Balaban J connectivity index is 4.43. The quantitative estimate of drug-likeness (QED) is 0.307. The van der Waals surface area contributed by atoms with Gasteiger partial charge < -0.3 is 0 Å². The molecule has 0 N–H and O–H groups in total. The van der Waals surface area contributed by atoms with Gasteiger partial charge >= 0.3 is 0 Å². The third kappa shape index (κ3) is 8.56. The van der Waals surface area contributed by atoms with Gasteiger partial charge in [-0.15, -0.1) is 0 Å². The fourth-order valence-corrected chi connectivity index (χ4v) is 4.15. The highest BCUT2D eigenvalue weighted by atomic mass is 15.2. The van der Waals surface area contributed by atoms with Crippen LogP contribution in [0.1, 0.15) is 119 Å². The summed E-state index contributed by atoms with van der Waals surface area (Å²) in [6, 6.07) is 0. The van der Waals surface area contributed by atoms with Crippen molar-refractivity contribution in [1.29, 1.82) is 0 Å². The Labute approximate surface area is 142 Å². The third-order valence-corrected chi connectivity index (χ3v) is 5.17. The van der Waals surface area contributed by atoms with Crippen molar-refractivity contribution >= 4 is 0 Å². The van der Waals surface area contributed by atoms with Crippen LogP contribution in [0.25, 0.3) is 0 Å². The lowest BCUT2D eigenvalue weighted by molar-refractivity contribution is 0.00351. The van der Waals surface area contributed by atoms with Crippen molar-refractivity contribution in [3.05, 3.63) is 0 Å². The van der Waals surface area contributed by atoms with Crippen molar-refractivity contribution in [3.8, 4) is 0 Å². The molecule has 0 aliphatic heterocycles. The fraction of sp³-hybridized carbons (Fsp3) is 1.00. The van der Waals surface area contributed by atoms with Gasteiger partial charge in [-0.2, -0.15) is 0 Å². The molecule has 0 heterocycles. The molecule has 1 heteroatoms. The number of unbranched alkanes of at least 4 members (excludes halogenated alkanes) is 6. The summed E-state index contributed by atoms with van der Waals surface area (Å²) in [5.41, 5.74) is 0.658. The predicted octanol–water partition coefficient (Wildman–Crippen LogP) is 7.20. The van der Waals surface area contributed by atoms with Crippen molar-refractivity contribution in [1.82, 2.24) is 4.90 Å². The minimum atomic E-state index is 0.329. The van der Waals surface area contributed by atoms with Crippen LogP contribution in [-0.2, 0) is 0 Å². The summed E-state index contributed by atoms with van der Waals surface area (Å²) >= 11 is 0. The van der Waals surface area contributed by atoms with Crippen LogP contribution in [0.2, 0.25) is 0 Å². The van der Waals surface area contributed by atoms with E-state index in [1.165, 1.54) is 77.2 Å². The first kappa shape index (κ1) is 22.0. The van der Waals surface area contributed by atoms with Crippen LogP contribution in [0.3, 0.4) is 0 Å². The van der Waals surface area contributed by atoms with Crippen LogP contribution in [-0.4, -0.2) is 22.5 Å². The largest absolute Gasteiger partial charge is 0.293 e. The number of rotatable bonds is 14. The molecule has 0 saturated carbocycles. The van der Waals surface area contributed by atoms with Gasteiger partial charge in [-0.05, 0) is 53.5 Å². The molecule has 0 fully saturated rings. The molecule has 0 aliphatic rings. The van der Waals surface area contributed by atoms with E-state index in [9.17, 15) is 0 Å². The van der Waals surface area contributed by atoms with Gasteiger partial charge in [-0.25, -0.2) is 0 Å². The van der Waals surface area contributed by atoms with Gasteiger partial charge in [0.25, 0.3) is 0 Å². The molecular formula is C21H45N. The molecule has 134 valence electrons. The Kier molecular flexibility index (Phi) is 11.5. The van der Waals surface area contributed by atoms with Crippen molar-refractivity contribution in [2.75, 3.05) is 6.54 Å². The van der Waals surface area contributed by atoms with Crippen LogP contribution in [0, 0.1) is 0 Å². The summed E-state index contributed by atoms with van der Waals surface area (Å²) in [5, 5.41) is 0. The summed E-state index contributed by atoms with van der Waals surface area (Å²) in [6.07, 6.45) is 15.0. The molecule has 0 amide bonds. The van der Waals surface area contributed by atoms with Crippen LogP contribution in [0.4, 0.5) is 0 Å². The molecule has 0 aliphatic carbocycles. The van der Waals surface area contributed by atoms with Crippen LogP contribution in [0.15, 0.2) is 0 Å². The molecule has 0 spiro atoms. The average Bonchev–Trinajstić information content (AvgIpc) is 2.41. The van der Waals surface area contributed by atoms with Crippen molar-refractivity contribution in [2.24, 2.45) is 0 Å². The molecule has 0 aromatic carbocycles. The highest BCUT2D eigenvalue weighted by Gasteiger charge is 2.35. The fourth-order valence-electron chi connectivity index (χ4n) is 4.15. The van der Waals surface area contributed by atoms with Crippen LogP contribution >= 0.6 is 0 Å². The standard InChI is InChI=1S/C21H45N/c1-8-11-12-13-14-15-16-19-22(20(4,5)17-9-2)21(6,7)18-10-3/h8-19H2,1-7H3. The SMILES string of the molecule is CCCCCCCCCN(C(C)(C)CCC)C(C)(C)CCC. The Bertz CT molecular complexity index is 237. The molecule has 0 radical (unpaired) electrons. The van der Waals surface area contributed by atoms with E-state index in [2.05, 4.69) is 53.4 Å². The van der Waals surface area contributed by atoms with Crippen molar-refractivity contribution in [3.63, 3.8) is 0 Å². The summed E-state index contributed by atoms with van der Waals surface area (Å²) in [6.45, 7) is 18.0. The van der Waals surface area contributed by atoms with E-state index in [-0.39, 0.29) is 0 Å². The third-order valence-electron chi connectivity index (χ3n) is 5.17. The highest BCUT2D eigenvalue weighted by molar-refractivity contribution is 4.92. The second kappa shape index (κ2) is 11.5. The van der Waals surface area contributed by atoms with E-state index in [0.29, 0.717) is 11.1 Å². The molecule has 0 atom stereocenters. The molecule has 0 saturated heterocycles. The Hall–Kier alpha value is -0.0400. The summed E-state index contributed by atoms with van der Waals surface area (Å²) in [4.78, 5) is 2.82. The van der Waals surface area contributed by atoms with Gasteiger partial charge in [-0.1, -0.05) is 72.1 Å². The second-order valence-electron chi connectivity index (χ2n) is 8.40. The van der Waals surface area contributed by atoms with Gasteiger partial charge in [0.15, 0.2) is 0 Å². The maximum atomic E-state index is 2.82. The molecule has 22 heavy (non-hydrogen) atoms. The Morgan fingerprint density at radius 3 is 1.36 bits per heavy atom. The zero-order valence-electron chi connectivity index (χ0n) is 16.9. The van der Waals surface area contributed by atoms with Gasteiger partial charge in [-0.3, -0.25) is 4.90 Å². The Morgan fingerprint density at radius 2 is 0.955 bits per heavy atom. The first-order chi connectivity index (χ1) is 10.3. The molecule has 0 aromatic heterocycles. The normalized spacial score (nSPS) is 13.1. The zero-order chi connectivity index (χ0) is 17.1. The lowest BCUT2D eigenvalue weighted by Gasteiger charge is -2.49. The van der Waals surface area contributed by atoms with Gasteiger partial charge in [0.05, 0.1) is 0 Å². The number of hydrogen-bond donors (Lipinski definition) is 0.